The molecule has 3 aliphatic heterocycles. The van der Waals surface area contributed by atoms with Gasteiger partial charge in [-0.25, -0.2) is 4.98 Å². The highest BCUT2D eigenvalue weighted by Crippen LogP contribution is 2.27. The summed E-state index contributed by atoms with van der Waals surface area (Å²) in [6.07, 6.45) is 1.73. The van der Waals surface area contributed by atoms with Crippen molar-refractivity contribution in [3.8, 4) is 16.9 Å². The zero-order valence-corrected chi connectivity index (χ0v) is 15.1. The summed E-state index contributed by atoms with van der Waals surface area (Å²) < 4.78 is 1.45. The molecule has 2 aromatic rings. The van der Waals surface area contributed by atoms with Crippen molar-refractivity contribution in [2.45, 2.75) is 0 Å². The van der Waals surface area contributed by atoms with Crippen molar-refractivity contribution in [2.24, 2.45) is 0 Å². The van der Waals surface area contributed by atoms with Crippen LogP contribution >= 0.6 is 0 Å². The fraction of sp³-hybridized carbons (Fsp3) is 0.250. The molecule has 1 aromatic heterocycles. The second kappa shape index (κ2) is 6.21. The van der Waals surface area contributed by atoms with Gasteiger partial charge < -0.3 is 14.8 Å². The number of nitrogens with zero attached hydrogens (tertiary/aromatic N) is 5. The van der Waals surface area contributed by atoms with Gasteiger partial charge in [0.2, 0.25) is 0 Å². The first-order valence-corrected chi connectivity index (χ1v) is 9.11. The number of pyridine rings is 2. The van der Waals surface area contributed by atoms with E-state index in [1.165, 1.54) is 4.68 Å². The number of likely N-dealkylation sites (N-methyl/N-ethyl adjacent to an activating group) is 1. The third-order valence-corrected chi connectivity index (χ3v) is 5.18. The van der Waals surface area contributed by atoms with E-state index in [9.17, 15) is 4.79 Å². The van der Waals surface area contributed by atoms with Gasteiger partial charge in [-0.3, -0.25) is 4.79 Å². The molecule has 3 aliphatic rings. The predicted molar refractivity (Wildman–Crippen MR) is 106 cm³/mol. The number of benzene rings is 1. The van der Waals surface area contributed by atoms with Crippen molar-refractivity contribution in [3.05, 3.63) is 59.0 Å². The highest BCUT2D eigenvalue weighted by atomic mass is 16.1. The Morgan fingerprint density at radius 1 is 1.00 bits per heavy atom. The van der Waals surface area contributed by atoms with Crippen LogP contribution in [-0.4, -0.2) is 57.9 Å². The van der Waals surface area contributed by atoms with Crippen LogP contribution in [0.2, 0.25) is 0 Å². The van der Waals surface area contributed by atoms with Crippen LogP contribution in [0.15, 0.2) is 53.5 Å². The Morgan fingerprint density at radius 2 is 1.78 bits per heavy atom. The van der Waals surface area contributed by atoms with Crippen molar-refractivity contribution in [2.75, 3.05) is 38.1 Å². The van der Waals surface area contributed by atoms with Crippen molar-refractivity contribution < 1.29 is 0 Å². The lowest BCUT2D eigenvalue weighted by Crippen LogP contribution is -2.44. The Morgan fingerprint density at radius 3 is 2.56 bits per heavy atom. The molecule has 0 amide bonds. The van der Waals surface area contributed by atoms with Crippen LogP contribution in [0.5, 0.6) is 0 Å². The van der Waals surface area contributed by atoms with E-state index in [1.54, 1.807) is 6.20 Å². The van der Waals surface area contributed by atoms with Crippen LogP contribution in [0.1, 0.15) is 0 Å². The van der Waals surface area contributed by atoms with Crippen molar-refractivity contribution in [1.82, 2.24) is 24.6 Å². The molecule has 7 nitrogen and oxygen atoms in total. The summed E-state index contributed by atoms with van der Waals surface area (Å²) in [5.74, 6) is 0.929. The molecule has 0 atom stereocenters. The van der Waals surface area contributed by atoms with Gasteiger partial charge in [-0.15, -0.1) is 0 Å². The van der Waals surface area contributed by atoms with Gasteiger partial charge >= 0.3 is 0 Å². The zero-order valence-electron chi connectivity index (χ0n) is 15.1. The molecule has 5 rings (SSSR count). The third kappa shape index (κ3) is 2.67. The number of aromatic nitrogens is 4. The Bertz CT molecular complexity index is 1120. The number of rotatable bonds is 2. The molecular weight excluding hydrogens is 340 g/mol. The van der Waals surface area contributed by atoms with Gasteiger partial charge in [-0.2, -0.15) is 9.78 Å². The first-order chi connectivity index (χ1) is 13.2. The fourth-order valence-electron chi connectivity index (χ4n) is 3.57. The van der Waals surface area contributed by atoms with Crippen LogP contribution in [0.3, 0.4) is 0 Å². The number of H-pyrrole nitrogens is 1. The topological polar surface area (TPSA) is 70.1 Å². The number of nitrogens with one attached hydrogen (secondary N) is 1. The molecule has 0 radical (unpaired) electrons. The number of para-hydroxylation sites is 1. The van der Waals surface area contributed by atoms with E-state index in [0.29, 0.717) is 11.3 Å². The molecule has 0 bridgehead atoms. The minimum atomic E-state index is -0.138. The lowest BCUT2D eigenvalue weighted by molar-refractivity contribution is 0.312. The van der Waals surface area contributed by atoms with E-state index in [1.807, 2.05) is 42.5 Å². The number of anilines is 1. The van der Waals surface area contributed by atoms with Crippen LogP contribution in [0.25, 0.3) is 28.0 Å². The molecule has 0 saturated carbocycles. The SMILES string of the molecule is CN1CCN(c2ccc3[nH]cc4c(=O)n(-c5ccccc5)nc-4c3n2)CC1. The van der Waals surface area contributed by atoms with E-state index in [4.69, 9.17) is 4.98 Å². The molecule has 1 fully saturated rings. The molecule has 1 saturated heterocycles. The largest absolute Gasteiger partial charge is 0.359 e. The Balaban J connectivity index is 1.65. The zero-order chi connectivity index (χ0) is 18.4. The van der Waals surface area contributed by atoms with E-state index in [0.717, 1.165) is 48.7 Å². The van der Waals surface area contributed by atoms with Crippen molar-refractivity contribution in [3.63, 3.8) is 0 Å². The maximum absolute atomic E-state index is 12.8. The monoisotopic (exact) mass is 360 g/mol. The second-order valence-electron chi connectivity index (χ2n) is 6.96. The molecule has 27 heavy (non-hydrogen) atoms. The molecular formula is C20H20N6O. The fourth-order valence-corrected chi connectivity index (χ4v) is 3.57. The Hall–Kier alpha value is -3.19. The first kappa shape index (κ1) is 16.0. The summed E-state index contributed by atoms with van der Waals surface area (Å²) in [7, 11) is 2.13. The van der Waals surface area contributed by atoms with Crippen LogP contribution in [0.4, 0.5) is 5.82 Å². The first-order valence-electron chi connectivity index (χ1n) is 9.11. The molecule has 1 N–H and O–H groups in total. The predicted octanol–water partition coefficient (Wildman–Crippen LogP) is 1.97. The highest BCUT2D eigenvalue weighted by molar-refractivity contribution is 5.91. The Labute approximate surface area is 156 Å². The van der Waals surface area contributed by atoms with Gasteiger partial charge in [0.15, 0.2) is 0 Å². The quantitative estimate of drug-likeness (QED) is 0.592. The molecule has 4 heterocycles. The van der Waals surface area contributed by atoms with Crippen LogP contribution < -0.4 is 10.5 Å². The average molecular weight is 360 g/mol. The minimum Gasteiger partial charge on any atom is -0.359 e. The van der Waals surface area contributed by atoms with E-state index < -0.39 is 0 Å². The maximum Gasteiger partial charge on any atom is 0.282 e. The van der Waals surface area contributed by atoms with Gasteiger partial charge in [0, 0.05) is 32.4 Å². The lowest BCUT2D eigenvalue weighted by atomic mass is 10.2. The molecule has 0 unspecified atom stereocenters. The minimum absolute atomic E-state index is 0.138. The lowest BCUT2D eigenvalue weighted by Gasteiger charge is -2.33. The number of hydrogen-bond acceptors (Lipinski definition) is 5. The molecule has 136 valence electrons. The number of piperazine rings is 1. The summed E-state index contributed by atoms with van der Waals surface area (Å²) in [6, 6.07) is 13.5. The van der Waals surface area contributed by atoms with Gasteiger partial charge in [0.05, 0.1) is 16.8 Å². The van der Waals surface area contributed by atoms with Crippen molar-refractivity contribution >= 4 is 16.9 Å². The van der Waals surface area contributed by atoms with Gasteiger partial charge in [-0.1, -0.05) is 18.2 Å². The Kier molecular flexibility index (Phi) is 3.68. The highest BCUT2D eigenvalue weighted by Gasteiger charge is 2.21. The smallest absolute Gasteiger partial charge is 0.282 e. The van der Waals surface area contributed by atoms with Crippen LogP contribution in [0, 0.1) is 0 Å². The normalized spacial score (nSPS) is 15.7. The van der Waals surface area contributed by atoms with Gasteiger partial charge in [0.1, 0.15) is 17.0 Å². The molecule has 7 heteroatoms. The van der Waals surface area contributed by atoms with E-state index >= 15 is 0 Å². The van der Waals surface area contributed by atoms with E-state index in [-0.39, 0.29) is 5.56 Å². The maximum atomic E-state index is 12.8. The average Bonchev–Trinajstić information content (AvgIpc) is 3.06. The summed E-state index contributed by atoms with van der Waals surface area (Å²) in [4.78, 5) is 25.5. The van der Waals surface area contributed by atoms with Crippen molar-refractivity contribution in [1.29, 1.82) is 0 Å². The summed E-state index contributed by atoms with van der Waals surface area (Å²) in [5, 5.41) is 4.60. The van der Waals surface area contributed by atoms with Gasteiger partial charge in [0.25, 0.3) is 5.56 Å². The summed E-state index contributed by atoms with van der Waals surface area (Å²) >= 11 is 0. The third-order valence-electron chi connectivity index (χ3n) is 5.18. The summed E-state index contributed by atoms with van der Waals surface area (Å²) in [6.45, 7) is 3.92. The van der Waals surface area contributed by atoms with Gasteiger partial charge in [-0.05, 0) is 31.3 Å². The second-order valence-corrected chi connectivity index (χ2v) is 6.96. The number of aromatic amines is 1. The summed E-state index contributed by atoms with van der Waals surface area (Å²) in [5.41, 5.74) is 3.40. The number of fused-ring (bicyclic) bond motifs is 3. The molecule has 0 spiro atoms. The number of hydrogen-bond donors (Lipinski definition) is 1. The van der Waals surface area contributed by atoms with E-state index in [2.05, 4.69) is 26.9 Å². The standard InChI is InChI=1S/C20H20N6O/c1-24-9-11-25(12-10-24)17-8-7-16-19(22-17)18-15(13-21-16)20(27)26(23-18)14-5-3-2-4-6-14/h2-8,13,21H,9-12H2,1H3. The molecule has 0 aliphatic carbocycles. The van der Waals surface area contributed by atoms with Crippen LogP contribution in [-0.2, 0) is 0 Å². The molecule has 1 aromatic carbocycles.